The zero-order chi connectivity index (χ0) is 35.8. The van der Waals surface area contributed by atoms with Gasteiger partial charge in [0.05, 0.1) is 17.6 Å². The van der Waals surface area contributed by atoms with Crippen molar-refractivity contribution in [3.63, 3.8) is 0 Å². The van der Waals surface area contributed by atoms with Gasteiger partial charge in [-0.3, -0.25) is 4.98 Å². The van der Waals surface area contributed by atoms with Crippen LogP contribution in [-0.2, 0) is 5.41 Å². The predicted molar refractivity (Wildman–Crippen MR) is 222 cm³/mol. The highest BCUT2D eigenvalue weighted by atomic mass is 15.1. The van der Waals surface area contributed by atoms with E-state index in [2.05, 4.69) is 218 Å². The molecule has 8 aromatic rings. The van der Waals surface area contributed by atoms with E-state index in [4.69, 9.17) is 4.98 Å². The Morgan fingerprint density at radius 2 is 0.830 bits per heavy atom. The van der Waals surface area contributed by atoms with Crippen molar-refractivity contribution in [2.45, 2.75) is 19.3 Å². The van der Waals surface area contributed by atoms with Gasteiger partial charge >= 0.3 is 0 Å². The summed E-state index contributed by atoms with van der Waals surface area (Å²) in [6, 6.07) is 69.1. The van der Waals surface area contributed by atoms with Gasteiger partial charge in [0.1, 0.15) is 0 Å². The van der Waals surface area contributed by atoms with Gasteiger partial charge in [-0.25, -0.2) is 0 Å². The third kappa shape index (κ3) is 5.87. The van der Waals surface area contributed by atoms with Gasteiger partial charge in [-0.05, 0) is 118 Å². The Bertz CT molecular complexity index is 2410. The molecule has 0 radical (unpaired) electrons. The Morgan fingerprint density at radius 3 is 1.34 bits per heavy atom. The van der Waals surface area contributed by atoms with Gasteiger partial charge in [0.25, 0.3) is 0 Å². The summed E-state index contributed by atoms with van der Waals surface area (Å²) in [4.78, 5) is 9.69. The van der Waals surface area contributed by atoms with E-state index in [0.717, 1.165) is 45.4 Å². The lowest BCUT2D eigenvalue weighted by atomic mass is 9.81. The number of para-hydroxylation sites is 4. The van der Waals surface area contributed by atoms with Crippen molar-refractivity contribution in [3.8, 4) is 33.5 Å². The van der Waals surface area contributed by atoms with Crippen LogP contribution in [0.5, 0.6) is 0 Å². The fraction of sp³-hybridized carbons (Fsp3) is 0.0600. The maximum atomic E-state index is 5.13. The molecule has 1 aliphatic rings. The molecule has 7 aromatic carbocycles. The first kappa shape index (κ1) is 32.2. The van der Waals surface area contributed by atoms with Gasteiger partial charge in [0.2, 0.25) is 0 Å². The highest BCUT2D eigenvalue weighted by molar-refractivity contribution is 5.95. The van der Waals surface area contributed by atoms with Crippen molar-refractivity contribution in [2.75, 3.05) is 9.80 Å². The topological polar surface area (TPSA) is 19.4 Å². The minimum absolute atomic E-state index is 0.161. The molecule has 0 saturated carbocycles. The second-order valence-electron chi connectivity index (χ2n) is 14.1. The first-order valence-corrected chi connectivity index (χ1v) is 18.2. The lowest BCUT2D eigenvalue weighted by Gasteiger charge is -2.26. The van der Waals surface area contributed by atoms with E-state index in [-0.39, 0.29) is 5.41 Å². The van der Waals surface area contributed by atoms with E-state index in [9.17, 15) is 0 Å². The van der Waals surface area contributed by atoms with Crippen LogP contribution in [0.2, 0.25) is 0 Å². The van der Waals surface area contributed by atoms with Crippen molar-refractivity contribution < 1.29 is 0 Å². The number of pyridine rings is 1. The van der Waals surface area contributed by atoms with Crippen molar-refractivity contribution in [1.82, 2.24) is 4.98 Å². The van der Waals surface area contributed by atoms with Gasteiger partial charge < -0.3 is 9.80 Å². The summed E-state index contributed by atoms with van der Waals surface area (Å²) in [7, 11) is 0. The van der Waals surface area contributed by atoms with E-state index in [1.54, 1.807) is 0 Å². The third-order valence-corrected chi connectivity index (χ3v) is 10.5. The van der Waals surface area contributed by atoms with Gasteiger partial charge in [-0.1, -0.05) is 123 Å². The quantitative estimate of drug-likeness (QED) is 0.159. The smallest absolute Gasteiger partial charge is 0.0703 e. The molecule has 0 unspecified atom stereocenters. The van der Waals surface area contributed by atoms with Crippen LogP contribution in [-0.4, -0.2) is 4.98 Å². The number of fused-ring (bicyclic) bond motifs is 3. The molecule has 3 nitrogen and oxygen atoms in total. The number of aromatic nitrogens is 1. The molecule has 0 atom stereocenters. The molecule has 0 spiro atoms. The van der Waals surface area contributed by atoms with E-state index in [0.29, 0.717) is 0 Å². The molecule has 1 aromatic heterocycles. The molecule has 1 aliphatic carbocycles. The number of hydrogen-bond acceptors (Lipinski definition) is 3. The third-order valence-electron chi connectivity index (χ3n) is 10.5. The first-order valence-electron chi connectivity index (χ1n) is 18.2. The van der Waals surface area contributed by atoms with Crippen molar-refractivity contribution in [2.24, 2.45) is 0 Å². The average Bonchev–Trinajstić information content (AvgIpc) is 3.46. The lowest BCUT2D eigenvalue weighted by molar-refractivity contribution is 0.660. The summed E-state index contributed by atoms with van der Waals surface area (Å²) < 4.78 is 0. The van der Waals surface area contributed by atoms with Crippen LogP contribution in [0.15, 0.2) is 200 Å². The zero-order valence-electron chi connectivity index (χ0n) is 29.9. The van der Waals surface area contributed by atoms with E-state index >= 15 is 0 Å². The van der Waals surface area contributed by atoms with E-state index in [1.807, 2.05) is 6.20 Å². The lowest BCUT2D eigenvalue weighted by Crippen LogP contribution is -2.15. The monoisotopic (exact) mass is 681 g/mol. The molecule has 0 amide bonds. The first-order chi connectivity index (χ1) is 26.1. The Kier molecular flexibility index (Phi) is 8.17. The largest absolute Gasteiger partial charge is 0.311 e. The molecular weight excluding hydrogens is 643 g/mol. The van der Waals surface area contributed by atoms with Gasteiger partial charge in [-0.2, -0.15) is 0 Å². The molecule has 0 N–H and O–H groups in total. The van der Waals surface area contributed by atoms with Crippen LogP contribution in [0.1, 0.15) is 25.0 Å². The van der Waals surface area contributed by atoms with Crippen LogP contribution in [0.4, 0.5) is 34.1 Å². The van der Waals surface area contributed by atoms with Crippen molar-refractivity contribution in [1.29, 1.82) is 0 Å². The number of hydrogen-bond donors (Lipinski definition) is 0. The summed E-state index contributed by atoms with van der Waals surface area (Å²) in [6.45, 7) is 4.69. The van der Waals surface area contributed by atoms with Gasteiger partial charge in [0, 0.05) is 39.4 Å². The molecule has 0 bridgehead atoms. The number of anilines is 6. The van der Waals surface area contributed by atoms with Crippen LogP contribution >= 0.6 is 0 Å². The maximum Gasteiger partial charge on any atom is 0.0703 e. The molecular formula is C50H39N3. The second-order valence-corrected chi connectivity index (χ2v) is 14.1. The maximum absolute atomic E-state index is 5.13. The SMILES string of the molecule is CC1(C)c2ccccc2-c2c(-c3ccc(N(c4ccccc4)c4ccccc4)cc3)cc(-c3ccc(N(c4ccccc4)c4ccccc4)cn3)cc21. The highest BCUT2D eigenvalue weighted by Gasteiger charge is 2.37. The predicted octanol–water partition coefficient (Wildman–Crippen LogP) is 13.7. The molecule has 1 heterocycles. The Labute approximate surface area is 312 Å². The fourth-order valence-electron chi connectivity index (χ4n) is 7.87. The molecule has 9 rings (SSSR count). The number of nitrogens with zero attached hydrogens (tertiary/aromatic N) is 3. The summed E-state index contributed by atoms with van der Waals surface area (Å²) in [5.74, 6) is 0. The number of benzene rings is 7. The van der Waals surface area contributed by atoms with E-state index in [1.165, 1.54) is 33.4 Å². The molecule has 0 aliphatic heterocycles. The summed E-state index contributed by atoms with van der Waals surface area (Å²) in [6.07, 6.45) is 2.00. The number of rotatable bonds is 8. The summed E-state index contributed by atoms with van der Waals surface area (Å²) in [5, 5.41) is 0. The highest BCUT2D eigenvalue weighted by Crippen LogP contribution is 2.53. The fourth-order valence-corrected chi connectivity index (χ4v) is 7.87. The zero-order valence-corrected chi connectivity index (χ0v) is 29.9. The molecule has 0 saturated heterocycles. The van der Waals surface area contributed by atoms with Crippen LogP contribution in [0, 0.1) is 0 Å². The normalized spacial score (nSPS) is 12.5. The molecule has 0 fully saturated rings. The standard InChI is InChI=1S/C50H39N3/c1-50(2)46-26-16-15-25-44(46)49-45(36-27-29-42(30-28-36)52(38-17-7-3-8-18-38)39-19-9-4-10-20-39)33-37(34-47(49)50)48-32-31-43(35-51-48)53(40-21-11-5-12-22-40)41-23-13-6-14-24-41/h3-35H,1-2H3. The van der Waals surface area contributed by atoms with Crippen molar-refractivity contribution >= 4 is 34.1 Å². The second kappa shape index (κ2) is 13.4. The minimum atomic E-state index is -0.161. The summed E-state index contributed by atoms with van der Waals surface area (Å²) in [5.41, 5.74) is 16.1. The van der Waals surface area contributed by atoms with Crippen molar-refractivity contribution in [3.05, 3.63) is 211 Å². The van der Waals surface area contributed by atoms with Gasteiger partial charge in [-0.15, -0.1) is 0 Å². The van der Waals surface area contributed by atoms with E-state index < -0.39 is 0 Å². The van der Waals surface area contributed by atoms with Crippen LogP contribution in [0.25, 0.3) is 33.5 Å². The molecule has 53 heavy (non-hydrogen) atoms. The Balaban J connectivity index is 1.16. The van der Waals surface area contributed by atoms with Crippen LogP contribution < -0.4 is 9.80 Å². The van der Waals surface area contributed by atoms with Gasteiger partial charge in [0.15, 0.2) is 0 Å². The minimum Gasteiger partial charge on any atom is -0.311 e. The van der Waals surface area contributed by atoms with Crippen LogP contribution in [0.3, 0.4) is 0 Å². The molecule has 3 heteroatoms. The Hall–Kier alpha value is -6.71. The summed E-state index contributed by atoms with van der Waals surface area (Å²) >= 11 is 0. The average molecular weight is 682 g/mol. The Morgan fingerprint density at radius 1 is 0.377 bits per heavy atom. The molecule has 254 valence electrons.